The molecule has 1 N–H and O–H groups in total. The van der Waals surface area contributed by atoms with Crippen molar-refractivity contribution in [3.63, 3.8) is 0 Å². The second-order valence-corrected chi connectivity index (χ2v) is 7.50. The van der Waals surface area contributed by atoms with Crippen LogP contribution >= 0.6 is 0 Å². The summed E-state index contributed by atoms with van der Waals surface area (Å²) >= 11 is 0. The molecule has 132 valence electrons. The molecule has 2 atom stereocenters. The van der Waals surface area contributed by atoms with Gasteiger partial charge < -0.3 is 4.98 Å². The van der Waals surface area contributed by atoms with E-state index in [2.05, 4.69) is 81.3 Å². The molecule has 0 bridgehead atoms. The summed E-state index contributed by atoms with van der Waals surface area (Å²) in [6.07, 6.45) is 6.42. The van der Waals surface area contributed by atoms with Crippen LogP contribution in [0.25, 0.3) is 21.8 Å². The van der Waals surface area contributed by atoms with Crippen LogP contribution in [0.2, 0.25) is 0 Å². The van der Waals surface area contributed by atoms with Crippen LogP contribution in [-0.2, 0) is 6.42 Å². The minimum absolute atomic E-state index is 0.473. The number of hydrogen-bond donors (Lipinski definition) is 1. The van der Waals surface area contributed by atoms with E-state index in [0.717, 1.165) is 19.5 Å². The number of H-pyrrole nitrogens is 1. The van der Waals surface area contributed by atoms with Crippen molar-refractivity contribution in [2.75, 3.05) is 13.1 Å². The van der Waals surface area contributed by atoms with Gasteiger partial charge in [-0.15, -0.1) is 0 Å². The van der Waals surface area contributed by atoms with E-state index in [4.69, 9.17) is 0 Å². The Bertz CT molecular complexity index is 1040. The summed E-state index contributed by atoms with van der Waals surface area (Å²) in [5.41, 5.74) is 3.90. The van der Waals surface area contributed by atoms with Crippen molar-refractivity contribution in [2.24, 2.45) is 0 Å². The first kappa shape index (κ1) is 15.6. The molecule has 4 nitrogen and oxygen atoms in total. The van der Waals surface area contributed by atoms with Gasteiger partial charge in [-0.1, -0.05) is 36.4 Å². The molecule has 1 fully saturated rings. The number of aromatic nitrogens is 3. The molecule has 5 rings (SSSR count). The third kappa shape index (κ3) is 2.61. The Morgan fingerprint density at radius 3 is 2.96 bits per heavy atom. The van der Waals surface area contributed by atoms with E-state index < -0.39 is 0 Å². The second-order valence-electron chi connectivity index (χ2n) is 7.50. The number of aromatic amines is 1. The van der Waals surface area contributed by atoms with E-state index >= 15 is 0 Å². The van der Waals surface area contributed by atoms with Gasteiger partial charge in [-0.25, -0.2) is 0 Å². The average molecular weight is 344 g/mol. The lowest BCUT2D eigenvalue weighted by Crippen LogP contribution is -2.33. The second kappa shape index (κ2) is 6.29. The van der Waals surface area contributed by atoms with Gasteiger partial charge in [-0.05, 0) is 37.5 Å². The summed E-state index contributed by atoms with van der Waals surface area (Å²) in [7, 11) is 0. The van der Waals surface area contributed by atoms with Gasteiger partial charge in [-0.3, -0.25) is 9.58 Å². The molecule has 0 unspecified atom stereocenters. The average Bonchev–Trinajstić information content (AvgIpc) is 3.40. The van der Waals surface area contributed by atoms with E-state index in [0.29, 0.717) is 12.1 Å². The van der Waals surface area contributed by atoms with Gasteiger partial charge >= 0.3 is 0 Å². The fourth-order valence-electron chi connectivity index (χ4n) is 4.40. The van der Waals surface area contributed by atoms with Crippen LogP contribution < -0.4 is 0 Å². The largest absolute Gasteiger partial charge is 0.361 e. The van der Waals surface area contributed by atoms with Crippen molar-refractivity contribution < 1.29 is 0 Å². The molecule has 0 saturated carbocycles. The predicted octanol–water partition coefficient (Wildman–Crippen LogP) is 4.40. The minimum atomic E-state index is 0.473. The first-order valence-corrected chi connectivity index (χ1v) is 9.51. The molecular weight excluding hydrogens is 320 g/mol. The Kier molecular flexibility index (Phi) is 3.79. The molecule has 1 aliphatic heterocycles. The molecule has 2 aromatic heterocycles. The highest BCUT2D eigenvalue weighted by Gasteiger charge is 2.28. The Morgan fingerprint density at radius 1 is 1.15 bits per heavy atom. The Labute approximate surface area is 153 Å². The lowest BCUT2D eigenvalue weighted by molar-refractivity contribution is 0.247. The normalized spacial score (nSPS) is 19.5. The zero-order valence-corrected chi connectivity index (χ0v) is 15.1. The maximum Gasteiger partial charge on any atom is 0.0686 e. The molecular formula is C22H24N4. The van der Waals surface area contributed by atoms with Gasteiger partial charge in [0.1, 0.15) is 0 Å². The van der Waals surface area contributed by atoms with Crippen molar-refractivity contribution in [3.8, 4) is 0 Å². The summed E-state index contributed by atoms with van der Waals surface area (Å²) < 4.78 is 2.23. The fraction of sp³-hybridized carbons (Fsp3) is 0.318. The molecule has 0 spiro atoms. The summed E-state index contributed by atoms with van der Waals surface area (Å²) in [5.74, 6) is 0. The molecule has 1 saturated heterocycles. The summed E-state index contributed by atoms with van der Waals surface area (Å²) in [5, 5.41) is 7.26. The number of hydrogen-bond acceptors (Lipinski definition) is 2. The fourth-order valence-corrected chi connectivity index (χ4v) is 4.40. The van der Waals surface area contributed by atoms with Crippen molar-refractivity contribution in [3.05, 3.63) is 66.5 Å². The van der Waals surface area contributed by atoms with Gasteiger partial charge in [0.25, 0.3) is 0 Å². The monoisotopic (exact) mass is 344 g/mol. The van der Waals surface area contributed by atoms with Gasteiger partial charge in [0.2, 0.25) is 0 Å². The zero-order valence-electron chi connectivity index (χ0n) is 15.1. The maximum atomic E-state index is 4.67. The molecule has 1 aliphatic rings. The Morgan fingerprint density at radius 2 is 2.00 bits per heavy atom. The first-order valence-electron chi connectivity index (χ1n) is 9.51. The van der Waals surface area contributed by atoms with Crippen molar-refractivity contribution in [1.29, 1.82) is 0 Å². The number of nitrogens with one attached hydrogen (secondary N) is 1. The number of benzene rings is 2. The van der Waals surface area contributed by atoms with Gasteiger partial charge in [-0.2, -0.15) is 5.10 Å². The van der Waals surface area contributed by atoms with E-state index in [1.54, 1.807) is 0 Å². The number of likely N-dealkylation sites (tertiary alicyclic amines) is 1. The van der Waals surface area contributed by atoms with Crippen molar-refractivity contribution >= 4 is 21.8 Å². The molecule has 26 heavy (non-hydrogen) atoms. The highest BCUT2D eigenvalue weighted by Crippen LogP contribution is 2.28. The minimum Gasteiger partial charge on any atom is -0.361 e. The van der Waals surface area contributed by atoms with Crippen LogP contribution in [0.3, 0.4) is 0 Å². The zero-order chi connectivity index (χ0) is 17.5. The molecule has 4 heteroatoms. The van der Waals surface area contributed by atoms with Crippen LogP contribution in [0.4, 0.5) is 0 Å². The molecule has 0 radical (unpaired) electrons. The van der Waals surface area contributed by atoms with Crippen LogP contribution in [0.1, 0.15) is 24.9 Å². The predicted molar refractivity (Wildman–Crippen MR) is 106 cm³/mol. The smallest absolute Gasteiger partial charge is 0.0686 e. The molecule has 4 aromatic rings. The molecule has 3 heterocycles. The van der Waals surface area contributed by atoms with Gasteiger partial charge in [0, 0.05) is 41.6 Å². The lowest BCUT2D eigenvalue weighted by Gasteiger charge is -2.24. The highest BCUT2D eigenvalue weighted by molar-refractivity contribution is 5.83. The first-order chi connectivity index (χ1) is 12.8. The van der Waals surface area contributed by atoms with Crippen molar-refractivity contribution in [2.45, 2.75) is 31.8 Å². The molecule has 2 aromatic carbocycles. The van der Waals surface area contributed by atoms with E-state index in [1.807, 2.05) is 6.20 Å². The molecule has 0 aliphatic carbocycles. The highest BCUT2D eigenvalue weighted by atomic mass is 15.3. The van der Waals surface area contributed by atoms with Crippen LogP contribution in [0.5, 0.6) is 0 Å². The Balaban J connectivity index is 1.32. The van der Waals surface area contributed by atoms with Crippen molar-refractivity contribution in [1.82, 2.24) is 19.7 Å². The van der Waals surface area contributed by atoms with Crippen LogP contribution in [0.15, 0.2) is 60.9 Å². The third-order valence-electron chi connectivity index (χ3n) is 5.86. The number of nitrogens with zero attached hydrogens (tertiary/aromatic N) is 3. The number of fused-ring (bicyclic) bond motifs is 2. The maximum absolute atomic E-state index is 4.67. The topological polar surface area (TPSA) is 36.9 Å². The van der Waals surface area contributed by atoms with Crippen LogP contribution in [0, 0.1) is 0 Å². The van der Waals surface area contributed by atoms with Gasteiger partial charge in [0.05, 0.1) is 17.8 Å². The Hall–Kier alpha value is -2.59. The number of rotatable bonds is 4. The third-order valence-corrected chi connectivity index (χ3v) is 5.86. The van der Waals surface area contributed by atoms with Gasteiger partial charge in [0.15, 0.2) is 0 Å². The summed E-state index contributed by atoms with van der Waals surface area (Å²) in [6.45, 7) is 4.57. The van der Waals surface area contributed by atoms with E-state index in [1.165, 1.54) is 33.8 Å². The lowest BCUT2D eigenvalue weighted by atomic mass is 10.1. The number of para-hydroxylation sites is 2. The van der Waals surface area contributed by atoms with E-state index in [-0.39, 0.29) is 0 Å². The quantitative estimate of drug-likeness (QED) is 0.596. The summed E-state index contributed by atoms with van der Waals surface area (Å²) in [4.78, 5) is 6.02. The molecule has 0 amide bonds. The summed E-state index contributed by atoms with van der Waals surface area (Å²) in [6, 6.07) is 18.1. The standard InChI is InChI=1S/C22H24N4/c1-16(12-18-13-23-21-8-4-3-7-20(18)21)25-11-10-19(15-25)26-22-9-5-2-6-17(22)14-24-26/h2-9,13-14,16,19,23H,10-12,15H2,1H3/t16-,19-/m0/s1. The van der Waals surface area contributed by atoms with E-state index in [9.17, 15) is 0 Å². The SMILES string of the molecule is C[C@@H](Cc1c[nH]c2ccccc12)N1CC[C@H](n2ncc3ccccc32)C1. The van der Waals surface area contributed by atoms with Crippen LogP contribution in [-0.4, -0.2) is 38.8 Å².